The summed E-state index contributed by atoms with van der Waals surface area (Å²) < 4.78 is 23.9. The summed E-state index contributed by atoms with van der Waals surface area (Å²) >= 11 is 0. The van der Waals surface area contributed by atoms with E-state index in [0.717, 1.165) is 0 Å². The molecule has 0 bridgehead atoms. The molecule has 1 rings (SSSR count). The lowest BCUT2D eigenvalue weighted by atomic mass is 10.2. The third kappa shape index (κ3) is 5.16. The van der Waals surface area contributed by atoms with E-state index in [1.165, 1.54) is 19.1 Å². The predicted molar refractivity (Wildman–Crippen MR) is 74.4 cm³/mol. The summed E-state index contributed by atoms with van der Waals surface area (Å²) in [6.45, 7) is 1.22. The van der Waals surface area contributed by atoms with Crippen LogP contribution in [0.4, 0.5) is 0 Å². The van der Waals surface area contributed by atoms with E-state index in [9.17, 15) is 23.1 Å². The van der Waals surface area contributed by atoms with Crippen molar-refractivity contribution in [3.05, 3.63) is 30.3 Å². The molecule has 0 aliphatic rings. The Hall–Kier alpha value is -1.93. The Morgan fingerprint density at radius 2 is 1.81 bits per heavy atom. The van der Waals surface area contributed by atoms with Crippen molar-refractivity contribution in [2.45, 2.75) is 30.4 Å². The Morgan fingerprint density at radius 3 is 2.29 bits per heavy atom. The number of nitrogens with one attached hydrogen (secondary N) is 1. The number of aliphatic carboxylic acids is 1. The summed E-state index contributed by atoms with van der Waals surface area (Å²) in [5.74, 6) is -2.57. The minimum absolute atomic E-state index is 0.100. The number of hydrogen-bond donors (Lipinski definition) is 3. The van der Waals surface area contributed by atoms with E-state index in [4.69, 9.17) is 5.11 Å². The van der Waals surface area contributed by atoms with Crippen LogP contribution in [0.1, 0.15) is 13.3 Å². The van der Waals surface area contributed by atoms with Gasteiger partial charge in [-0.3, -0.25) is 4.79 Å². The number of rotatable bonds is 7. The average molecular weight is 315 g/mol. The van der Waals surface area contributed by atoms with Gasteiger partial charge < -0.3 is 15.5 Å². The van der Waals surface area contributed by atoms with Crippen molar-refractivity contribution in [2.75, 3.05) is 5.75 Å². The summed E-state index contributed by atoms with van der Waals surface area (Å²) in [4.78, 5) is 22.5. The first-order valence-corrected chi connectivity index (χ1v) is 7.87. The third-order valence-corrected chi connectivity index (χ3v) is 4.50. The molecule has 1 amide bonds. The van der Waals surface area contributed by atoms with Crippen LogP contribution in [-0.4, -0.2) is 48.4 Å². The second kappa shape index (κ2) is 7.19. The van der Waals surface area contributed by atoms with E-state index in [2.05, 4.69) is 5.32 Å². The Kier molecular flexibility index (Phi) is 5.86. The maximum Gasteiger partial charge on any atom is 0.328 e. The first-order chi connectivity index (χ1) is 9.74. The van der Waals surface area contributed by atoms with Gasteiger partial charge in [0.25, 0.3) is 0 Å². The largest absolute Gasteiger partial charge is 0.480 e. The highest BCUT2D eigenvalue weighted by atomic mass is 32.2. The topological polar surface area (TPSA) is 121 Å². The van der Waals surface area contributed by atoms with Crippen LogP contribution >= 0.6 is 0 Å². The van der Waals surface area contributed by atoms with Gasteiger partial charge in [0.15, 0.2) is 15.9 Å². The zero-order valence-corrected chi connectivity index (χ0v) is 12.2. The minimum atomic E-state index is -3.60. The number of hydrogen-bond acceptors (Lipinski definition) is 5. The van der Waals surface area contributed by atoms with Crippen LogP contribution in [0.2, 0.25) is 0 Å². The fourth-order valence-electron chi connectivity index (χ4n) is 1.61. The first-order valence-electron chi connectivity index (χ1n) is 6.22. The van der Waals surface area contributed by atoms with Gasteiger partial charge >= 0.3 is 5.97 Å². The number of benzene rings is 1. The molecular formula is C13H17NO6S. The normalized spacial score (nSPS) is 14.2. The molecule has 21 heavy (non-hydrogen) atoms. The number of aliphatic hydroxyl groups excluding tert-OH is 1. The zero-order chi connectivity index (χ0) is 16.0. The maximum atomic E-state index is 11.9. The smallest absolute Gasteiger partial charge is 0.328 e. The van der Waals surface area contributed by atoms with Crippen LogP contribution in [0, 0.1) is 0 Å². The molecular weight excluding hydrogens is 298 g/mol. The van der Waals surface area contributed by atoms with Crippen LogP contribution in [0.3, 0.4) is 0 Å². The van der Waals surface area contributed by atoms with E-state index in [0.29, 0.717) is 0 Å². The standard InChI is InChI=1S/C13H17NO6S/c1-9(15)12(13(17)18)14-11(16)7-8-21(19,20)10-5-3-2-4-6-10/h2-6,9,12,15H,7-8H2,1H3,(H,14,16)(H,17,18). The van der Waals surface area contributed by atoms with Gasteiger partial charge in [-0.25, -0.2) is 13.2 Å². The Bertz CT molecular complexity index is 596. The van der Waals surface area contributed by atoms with Gasteiger partial charge in [-0.05, 0) is 19.1 Å². The molecule has 3 N–H and O–H groups in total. The van der Waals surface area contributed by atoms with Crippen LogP contribution in [0.15, 0.2) is 35.2 Å². The van der Waals surface area contributed by atoms with Crippen LogP contribution < -0.4 is 5.32 Å². The summed E-state index contributed by atoms with van der Waals surface area (Å²) in [5.41, 5.74) is 0. The Morgan fingerprint density at radius 1 is 1.24 bits per heavy atom. The molecule has 0 heterocycles. The van der Waals surface area contributed by atoms with Crippen molar-refractivity contribution in [1.82, 2.24) is 5.32 Å². The molecule has 2 atom stereocenters. The fourth-order valence-corrected chi connectivity index (χ4v) is 2.87. The van der Waals surface area contributed by atoms with Crippen LogP contribution in [-0.2, 0) is 19.4 Å². The van der Waals surface area contributed by atoms with Crippen molar-refractivity contribution < 1.29 is 28.2 Å². The summed E-state index contributed by atoms with van der Waals surface area (Å²) in [5, 5.41) is 20.1. The van der Waals surface area contributed by atoms with E-state index >= 15 is 0 Å². The highest BCUT2D eigenvalue weighted by Crippen LogP contribution is 2.11. The van der Waals surface area contributed by atoms with E-state index in [-0.39, 0.29) is 11.3 Å². The zero-order valence-electron chi connectivity index (χ0n) is 11.4. The number of amides is 1. The summed E-state index contributed by atoms with van der Waals surface area (Å²) in [6.07, 6.45) is -1.66. The number of sulfone groups is 1. The van der Waals surface area contributed by atoms with E-state index in [1.54, 1.807) is 18.2 Å². The second-order valence-corrected chi connectivity index (χ2v) is 6.62. The molecule has 0 radical (unpaired) electrons. The average Bonchev–Trinajstić information content (AvgIpc) is 2.43. The van der Waals surface area contributed by atoms with Crippen molar-refractivity contribution in [3.8, 4) is 0 Å². The SMILES string of the molecule is CC(O)C(NC(=O)CCS(=O)(=O)c1ccccc1)C(=O)O. The highest BCUT2D eigenvalue weighted by Gasteiger charge is 2.25. The lowest BCUT2D eigenvalue weighted by Crippen LogP contribution is -2.47. The van der Waals surface area contributed by atoms with E-state index in [1.807, 2.05) is 0 Å². The molecule has 0 fully saturated rings. The maximum absolute atomic E-state index is 11.9. The molecule has 0 saturated heterocycles. The number of carboxylic acid groups (broad SMARTS) is 1. The third-order valence-electron chi connectivity index (χ3n) is 2.77. The van der Waals surface area contributed by atoms with Gasteiger partial charge in [0.1, 0.15) is 0 Å². The van der Waals surface area contributed by atoms with Gasteiger partial charge in [-0.2, -0.15) is 0 Å². The van der Waals surface area contributed by atoms with Crippen molar-refractivity contribution >= 4 is 21.7 Å². The summed E-state index contributed by atoms with van der Waals surface area (Å²) in [7, 11) is -3.60. The molecule has 7 nitrogen and oxygen atoms in total. The molecule has 116 valence electrons. The van der Waals surface area contributed by atoms with Gasteiger partial charge in [0.05, 0.1) is 16.8 Å². The van der Waals surface area contributed by atoms with Gasteiger partial charge in [-0.1, -0.05) is 18.2 Å². The molecule has 2 unspecified atom stereocenters. The fraction of sp³-hybridized carbons (Fsp3) is 0.385. The second-order valence-electron chi connectivity index (χ2n) is 4.51. The lowest BCUT2D eigenvalue weighted by Gasteiger charge is -2.16. The molecule has 0 aliphatic carbocycles. The van der Waals surface area contributed by atoms with Crippen molar-refractivity contribution in [3.63, 3.8) is 0 Å². The Balaban J connectivity index is 2.63. The number of aliphatic hydroxyl groups is 1. The van der Waals surface area contributed by atoms with Gasteiger partial charge in [-0.15, -0.1) is 0 Å². The lowest BCUT2D eigenvalue weighted by molar-refractivity contribution is -0.144. The minimum Gasteiger partial charge on any atom is -0.480 e. The van der Waals surface area contributed by atoms with Gasteiger partial charge in [0.2, 0.25) is 5.91 Å². The molecule has 1 aromatic carbocycles. The van der Waals surface area contributed by atoms with Gasteiger partial charge in [0, 0.05) is 6.42 Å². The molecule has 0 aliphatic heterocycles. The van der Waals surface area contributed by atoms with Crippen molar-refractivity contribution in [2.24, 2.45) is 0 Å². The molecule has 1 aromatic rings. The van der Waals surface area contributed by atoms with E-state index < -0.39 is 39.6 Å². The summed E-state index contributed by atoms with van der Waals surface area (Å²) in [6, 6.07) is 6.19. The molecule has 8 heteroatoms. The monoisotopic (exact) mass is 315 g/mol. The predicted octanol–water partition coefficient (Wildman–Crippen LogP) is -0.199. The van der Waals surface area contributed by atoms with Crippen molar-refractivity contribution in [1.29, 1.82) is 0 Å². The number of carbonyl (C=O) groups excluding carboxylic acids is 1. The first kappa shape index (κ1) is 17.1. The molecule has 0 aromatic heterocycles. The Labute approximate surface area is 122 Å². The number of carboxylic acids is 1. The quantitative estimate of drug-likeness (QED) is 0.641. The highest BCUT2D eigenvalue weighted by molar-refractivity contribution is 7.91. The van der Waals surface area contributed by atoms with Crippen LogP contribution in [0.5, 0.6) is 0 Å². The molecule has 0 spiro atoms. The molecule has 0 saturated carbocycles. The van der Waals surface area contributed by atoms with Crippen LogP contribution in [0.25, 0.3) is 0 Å². The number of carbonyl (C=O) groups is 2.